The van der Waals surface area contributed by atoms with Gasteiger partial charge in [-0.3, -0.25) is 9.69 Å². The average Bonchev–Trinajstić information content (AvgIpc) is 2.44. The molecule has 1 amide bonds. The monoisotopic (exact) mass is 277 g/mol. The molecule has 1 aromatic carbocycles. The van der Waals surface area contributed by atoms with E-state index in [-0.39, 0.29) is 17.4 Å². The molecule has 20 heavy (non-hydrogen) atoms. The summed E-state index contributed by atoms with van der Waals surface area (Å²) in [6, 6.07) is 5.38. The van der Waals surface area contributed by atoms with Crippen molar-refractivity contribution < 1.29 is 14.3 Å². The van der Waals surface area contributed by atoms with Crippen molar-refractivity contribution in [1.29, 1.82) is 5.26 Å². The maximum absolute atomic E-state index is 13.1. The minimum absolute atomic E-state index is 0.0138. The van der Waals surface area contributed by atoms with Gasteiger partial charge in [0, 0.05) is 19.1 Å². The van der Waals surface area contributed by atoms with Gasteiger partial charge in [0.15, 0.2) is 0 Å². The fourth-order valence-electron chi connectivity index (χ4n) is 2.29. The number of nitrogens with one attached hydrogen (secondary N) is 1. The standard InChI is InChI=1S/C14H16FN3O2/c15-10-1-2-13(19)12(9-10)14(20)17-11-3-6-18(7-4-11)8-5-16/h1-2,9,11,19H,3-4,6-8H2,(H,17,20). The molecule has 1 aromatic rings. The number of halogens is 1. The lowest BCUT2D eigenvalue weighted by molar-refractivity contribution is 0.0911. The summed E-state index contributed by atoms with van der Waals surface area (Å²) < 4.78 is 13.1. The van der Waals surface area contributed by atoms with Crippen LogP contribution < -0.4 is 5.32 Å². The third kappa shape index (κ3) is 3.45. The smallest absolute Gasteiger partial charge is 0.255 e. The van der Waals surface area contributed by atoms with Gasteiger partial charge in [-0.1, -0.05) is 0 Å². The normalized spacial score (nSPS) is 16.6. The van der Waals surface area contributed by atoms with Crippen LogP contribution in [-0.2, 0) is 0 Å². The first-order valence-electron chi connectivity index (χ1n) is 6.49. The van der Waals surface area contributed by atoms with Crippen LogP contribution in [0.15, 0.2) is 18.2 Å². The summed E-state index contributed by atoms with van der Waals surface area (Å²) in [6.45, 7) is 1.88. The van der Waals surface area contributed by atoms with Gasteiger partial charge in [0.1, 0.15) is 11.6 Å². The predicted molar refractivity (Wildman–Crippen MR) is 70.6 cm³/mol. The number of aromatic hydroxyl groups is 1. The van der Waals surface area contributed by atoms with Gasteiger partial charge in [-0.05, 0) is 31.0 Å². The van der Waals surface area contributed by atoms with Crippen molar-refractivity contribution in [3.63, 3.8) is 0 Å². The number of nitriles is 1. The first-order valence-corrected chi connectivity index (χ1v) is 6.49. The third-order valence-corrected chi connectivity index (χ3v) is 3.42. The number of amides is 1. The van der Waals surface area contributed by atoms with Crippen molar-refractivity contribution in [2.45, 2.75) is 18.9 Å². The van der Waals surface area contributed by atoms with E-state index < -0.39 is 11.7 Å². The Hall–Kier alpha value is -2.13. The second-order valence-electron chi connectivity index (χ2n) is 4.84. The number of likely N-dealkylation sites (tertiary alicyclic amines) is 1. The lowest BCUT2D eigenvalue weighted by Crippen LogP contribution is -2.44. The van der Waals surface area contributed by atoms with Crippen LogP contribution in [0.4, 0.5) is 4.39 Å². The van der Waals surface area contributed by atoms with Crippen molar-refractivity contribution in [2.24, 2.45) is 0 Å². The molecular weight excluding hydrogens is 261 g/mol. The number of benzene rings is 1. The minimum atomic E-state index is -0.559. The zero-order valence-corrected chi connectivity index (χ0v) is 11.0. The van der Waals surface area contributed by atoms with Crippen molar-refractivity contribution in [3.8, 4) is 11.8 Å². The van der Waals surface area contributed by atoms with Gasteiger partial charge >= 0.3 is 0 Å². The number of hydrogen-bond donors (Lipinski definition) is 2. The highest BCUT2D eigenvalue weighted by molar-refractivity contribution is 5.96. The number of phenols is 1. The van der Waals surface area contributed by atoms with Crippen LogP contribution in [0.2, 0.25) is 0 Å². The van der Waals surface area contributed by atoms with Gasteiger partial charge in [-0.15, -0.1) is 0 Å². The Kier molecular flexibility index (Phi) is 4.53. The second-order valence-corrected chi connectivity index (χ2v) is 4.84. The molecule has 2 N–H and O–H groups in total. The molecular formula is C14H16FN3O2. The summed E-state index contributed by atoms with van der Waals surface area (Å²) in [6.07, 6.45) is 1.48. The molecule has 1 fully saturated rings. The van der Waals surface area contributed by atoms with E-state index >= 15 is 0 Å². The van der Waals surface area contributed by atoms with E-state index in [2.05, 4.69) is 11.4 Å². The molecule has 1 saturated heterocycles. The number of phenolic OH excluding ortho intramolecular Hbond substituents is 1. The Bertz CT molecular complexity index is 534. The van der Waals surface area contributed by atoms with E-state index in [4.69, 9.17) is 5.26 Å². The minimum Gasteiger partial charge on any atom is -0.507 e. The molecule has 0 unspecified atom stereocenters. The number of piperidine rings is 1. The molecule has 0 atom stereocenters. The van der Waals surface area contributed by atoms with E-state index in [1.807, 2.05) is 4.90 Å². The fourth-order valence-corrected chi connectivity index (χ4v) is 2.29. The summed E-state index contributed by atoms with van der Waals surface area (Å²) in [5.74, 6) is -1.26. The number of carbonyl (C=O) groups excluding carboxylic acids is 1. The largest absolute Gasteiger partial charge is 0.507 e. The van der Waals surface area contributed by atoms with E-state index in [1.54, 1.807) is 0 Å². The average molecular weight is 277 g/mol. The molecule has 1 aliphatic heterocycles. The molecule has 0 saturated carbocycles. The Morgan fingerprint density at radius 3 is 2.85 bits per heavy atom. The van der Waals surface area contributed by atoms with Gasteiger partial charge in [0.2, 0.25) is 0 Å². The summed E-state index contributed by atoms with van der Waals surface area (Å²) in [4.78, 5) is 14.0. The number of hydrogen-bond acceptors (Lipinski definition) is 4. The van der Waals surface area contributed by atoms with E-state index in [1.165, 1.54) is 6.07 Å². The van der Waals surface area contributed by atoms with Crippen LogP contribution in [0.5, 0.6) is 5.75 Å². The third-order valence-electron chi connectivity index (χ3n) is 3.42. The maximum atomic E-state index is 13.1. The molecule has 0 radical (unpaired) electrons. The van der Waals surface area contributed by atoms with Crippen molar-refractivity contribution in [3.05, 3.63) is 29.6 Å². The summed E-state index contributed by atoms with van der Waals surface area (Å²) in [5.41, 5.74) is -0.0514. The highest BCUT2D eigenvalue weighted by atomic mass is 19.1. The molecule has 0 bridgehead atoms. The topological polar surface area (TPSA) is 76.4 Å². The number of carbonyl (C=O) groups is 1. The molecule has 6 heteroatoms. The fraction of sp³-hybridized carbons (Fsp3) is 0.429. The van der Waals surface area contributed by atoms with Crippen molar-refractivity contribution >= 4 is 5.91 Å². The summed E-state index contributed by atoms with van der Waals surface area (Å²) in [7, 11) is 0. The maximum Gasteiger partial charge on any atom is 0.255 e. The van der Waals surface area contributed by atoms with E-state index in [0.29, 0.717) is 6.54 Å². The van der Waals surface area contributed by atoms with Crippen molar-refractivity contribution in [2.75, 3.05) is 19.6 Å². The highest BCUT2D eigenvalue weighted by Crippen LogP contribution is 2.18. The summed E-state index contributed by atoms with van der Waals surface area (Å²) in [5, 5.41) is 21.0. The van der Waals surface area contributed by atoms with Crippen LogP contribution in [-0.4, -0.2) is 41.6 Å². The Labute approximate surface area is 116 Å². The quantitative estimate of drug-likeness (QED) is 0.815. The number of rotatable bonds is 3. The van der Waals surface area contributed by atoms with Crippen LogP contribution >= 0.6 is 0 Å². The molecule has 1 heterocycles. The molecule has 5 nitrogen and oxygen atoms in total. The second kappa shape index (κ2) is 6.35. The van der Waals surface area contributed by atoms with Gasteiger partial charge in [-0.25, -0.2) is 4.39 Å². The number of nitrogens with zero attached hydrogens (tertiary/aromatic N) is 2. The Morgan fingerprint density at radius 2 is 2.20 bits per heavy atom. The Balaban J connectivity index is 1.93. The van der Waals surface area contributed by atoms with Crippen LogP contribution in [0.1, 0.15) is 23.2 Å². The van der Waals surface area contributed by atoms with E-state index in [9.17, 15) is 14.3 Å². The first-order chi connectivity index (χ1) is 9.60. The lowest BCUT2D eigenvalue weighted by atomic mass is 10.0. The predicted octanol–water partition coefficient (Wildman–Crippen LogP) is 1.25. The molecule has 1 aliphatic rings. The zero-order chi connectivity index (χ0) is 14.5. The molecule has 0 spiro atoms. The van der Waals surface area contributed by atoms with Crippen LogP contribution in [0.25, 0.3) is 0 Å². The highest BCUT2D eigenvalue weighted by Gasteiger charge is 2.22. The molecule has 106 valence electrons. The zero-order valence-electron chi connectivity index (χ0n) is 11.0. The lowest BCUT2D eigenvalue weighted by Gasteiger charge is -2.30. The molecule has 0 aromatic heterocycles. The first kappa shape index (κ1) is 14.3. The van der Waals surface area contributed by atoms with E-state index in [0.717, 1.165) is 38.1 Å². The SMILES string of the molecule is N#CCN1CCC(NC(=O)c2cc(F)ccc2O)CC1. The van der Waals surface area contributed by atoms with Gasteiger partial charge in [0.05, 0.1) is 18.2 Å². The van der Waals surface area contributed by atoms with Crippen LogP contribution in [0.3, 0.4) is 0 Å². The van der Waals surface area contributed by atoms with Crippen molar-refractivity contribution in [1.82, 2.24) is 10.2 Å². The summed E-state index contributed by atoms with van der Waals surface area (Å²) >= 11 is 0. The molecule has 2 rings (SSSR count). The molecule has 0 aliphatic carbocycles. The van der Waals surface area contributed by atoms with Gasteiger partial charge in [-0.2, -0.15) is 5.26 Å². The Morgan fingerprint density at radius 1 is 1.50 bits per heavy atom. The van der Waals surface area contributed by atoms with Crippen LogP contribution in [0, 0.1) is 17.1 Å². The van der Waals surface area contributed by atoms with Gasteiger partial charge in [0.25, 0.3) is 5.91 Å². The van der Waals surface area contributed by atoms with Gasteiger partial charge < -0.3 is 10.4 Å².